The van der Waals surface area contributed by atoms with Gasteiger partial charge in [-0.2, -0.15) is 0 Å². The molecule has 0 aliphatic rings. The number of rotatable bonds is 6. The molecule has 0 bridgehead atoms. The highest BCUT2D eigenvalue weighted by Gasteiger charge is 2.18. The van der Waals surface area contributed by atoms with Crippen molar-refractivity contribution in [2.24, 2.45) is 0 Å². The number of nitrogens with zero attached hydrogens (tertiary/aromatic N) is 3. The van der Waals surface area contributed by atoms with Crippen LogP contribution in [0.2, 0.25) is 0 Å². The minimum Gasteiger partial charge on any atom is -0.467 e. The molecule has 0 radical (unpaired) electrons. The molecule has 0 fully saturated rings. The first-order valence-corrected chi connectivity index (χ1v) is 7.10. The van der Waals surface area contributed by atoms with Gasteiger partial charge >= 0.3 is 0 Å². The molecule has 0 saturated heterocycles. The van der Waals surface area contributed by atoms with E-state index >= 15 is 0 Å². The van der Waals surface area contributed by atoms with E-state index in [0.717, 1.165) is 5.56 Å². The van der Waals surface area contributed by atoms with E-state index in [1.54, 1.807) is 36.9 Å². The van der Waals surface area contributed by atoms with Crippen LogP contribution in [0.5, 0.6) is 0 Å². The molecule has 1 N–H and O–H groups in total. The van der Waals surface area contributed by atoms with E-state index in [9.17, 15) is 5.11 Å². The van der Waals surface area contributed by atoms with Gasteiger partial charge in [0.25, 0.3) is 0 Å². The molecule has 2 aromatic heterocycles. The maximum absolute atomic E-state index is 10.3. The molecule has 1 aromatic carbocycles. The monoisotopic (exact) mass is 295 g/mol. The first-order chi connectivity index (χ1) is 10.8. The van der Waals surface area contributed by atoms with E-state index < -0.39 is 6.10 Å². The summed E-state index contributed by atoms with van der Waals surface area (Å²) in [5.41, 5.74) is 1.13. The Labute approximate surface area is 128 Å². The van der Waals surface area contributed by atoms with Crippen molar-refractivity contribution in [3.63, 3.8) is 0 Å². The van der Waals surface area contributed by atoms with Gasteiger partial charge in [-0.15, -0.1) is 0 Å². The Morgan fingerprint density at radius 3 is 2.45 bits per heavy atom. The molecular formula is C17H17N3O2. The molecule has 1 atom stereocenters. The largest absolute Gasteiger partial charge is 0.467 e. The molecule has 0 saturated carbocycles. The van der Waals surface area contributed by atoms with Crippen LogP contribution in [0.1, 0.15) is 17.4 Å². The molecule has 3 rings (SSSR count). The second-order valence-corrected chi connectivity index (χ2v) is 4.95. The normalized spacial score (nSPS) is 12.0. The topological polar surface area (TPSA) is 62.4 Å². The fourth-order valence-corrected chi connectivity index (χ4v) is 2.25. The van der Waals surface area contributed by atoms with Crippen LogP contribution in [0.3, 0.4) is 0 Å². The first-order valence-electron chi connectivity index (χ1n) is 7.10. The molecule has 5 heteroatoms. The number of aliphatic hydroxyl groups excluding tert-OH is 1. The Balaban J connectivity index is 1.80. The van der Waals surface area contributed by atoms with Crippen LogP contribution in [-0.4, -0.2) is 21.6 Å². The zero-order valence-electron chi connectivity index (χ0n) is 12.0. The highest BCUT2D eigenvalue weighted by Crippen LogP contribution is 2.19. The minimum absolute atomic E-state index is 0.354. The molecule has 2 heterocycles. The maximum atomic E-state index is 10.3. The second-order valence-electron chi connectivity index (χ2n) is 4.95. The third-order valence-electron chi connectivity index (χ3n) is 3.32. The summed E-state index contributed by atoms with van der Waals surface area (Å²) in [5.74, 6) is 1.12. The lowest BCUT2D eigenvalue weighted by molar-refractivity contribution is 0.154. The van der Waals surface area contributed by atoms with Crippen molar-refractivity contribution in [1.29, 1.82) is 0 Å². The van der Waals surface area contributed by atoms with E-state index in [1.165, 1.54) is 0 Å². The number of benzene rings is 1. The molecule has 0 aliphatic carbocycles. The maximum Gasteiger partial charge on any atom is 0.225 e. The van der Waals surface area contributed by atoms with E-state index in [2.05, 4.69) is 9.97 Å². The van der Waals surface area contributed by atoms with Crippen molar-refractivity contribution in [1.82, 2.24) is 9.97 Å². The van der Waals surface area contributed by atoms with E-state index in [4.69, 9.17) is 4.42 Å². The zero-order valence-corrected chi connectivity index (χ0v) is 12.0. The quantitative estimate of drug-likeness (QED) is 0.757. The van der Waals surface area contributed by atoms with E-state index in [1.807, 2.05) is 35.2 Å². The van der Waals surface area contributed by atoms with Gasteiger partial charge in [0.05, 0.1) is 12.8 Å². The number of anilines is 1. The highest BCUT2D eigenvalue weighted by atomic mass is 16.4. The van der Waals surface area contributed by atoms with Gasteiger partial charge in [0.1, 0.15) is 11.9 Å². The standard InChI is InChI=1S/C17H17N3O2/c21-15(16-8-4-11-22-16)13-20(17-18-9-5-10-19-17)12-14-6-2-1-3-7-14/h1-11,15,21H,12-13H2/t15-/m0/s1. The van der Waals surface area contributed by atoms with Crippen molar-refractivity contribution in [2.45, 2.75) is 12.6 Å². The van der Waals surface area contributed by atoms with Gasteiger partial charge in [-0.25, -0.2) is 9.97 Å². The highest BCUT2D eigenvalue weighted by molar-refractivity contribution is 5.32. The molecule has 0 amide bonds. The molecule has 0 aliphatic heterocycles. The van der Waals surface area contributed by atoms with Crippen LogP contribution in [0, 0.1) is 0 Å². The second kappa shape index (κ2) is 6.87. The van der Waals surface area contributed by atoms with Gasteiger partial charge in [-0.1, -0.05) is 30.3 Å². The molecule has 0 spiro atoms. The number of hydrogen-bond donors (Lipinski definition) is 1. The van der Waals surface area contributed by atoms with E-state index in [0.29, 0.717) is 24.8 Å². The van der Waals surface area contributed by atoms with Crippen LogP contribution in [0.15, 0.2) is 71.6 Å². The smallest absolute Gasteiger partial charge is 0.225 e. The van der Waals surface area contributed by atoms with Crippen LogP contribution in [0.4, 0.5) is 5.95 Å². The fraction of sp³-hybridized carbons (Fsp3) is 0.176. The number of hydrogen-bond acceptors (Lipinski definition) is 5. The summed E-state index contributed by atoms with van der Waals surface area (Å²) in [4.78, 5) is 10.5. The zero-order chi connectivity index (χ0) is 15.2. The fourth-order valence-electron chi connectivity index (χ4n) is 2.25. The van der Waals surface area contributed by atoms with Crippen LogP contribution >= 0.6 is 0 Å². The van der Waals surface area contributed by atoms with Gasteiger partial charge < -0.3 is 14.4 Å². The number of aromatic nitrogens is 2. The van der Waals surface area contributed by atoms with E-state index in [-0.39, 0.29) is 0 Å². The van der Waals surface area contributed by atoms with Crippen LogP contribution in [0.25, 0.3) is 0 Å². The van der Waals surface area contributed by atoms with Gasteiger partial charge in [-0.05, 0) is 23.8 Å². The Morgan fingerprint density at radius 2 is 1.77 bits per heavy atom. The van der Waals surface area contributed by atoms with Crippen molar-refractivity contribution in [3.05, 3.63) is 78.5 Å². The Morgan fingerprint density at radius 1 is 1.00 bits per heavy atom. The SMILES string of the molecule is O[C@@H](CN(Cc1ccccc1)c1ncccn1)c1ccco1. The lowest BCUT2D eigenvalue weighted by Gasteiger charge is -2.24. The Kier molecular flexibility index (Phi) is 4.46. The average molecular weight is 295 g/mol. The van der Waals surface area contributed by atoms with Crippen molar-refractivity contribution >= 4 is 5.95 Å². The third kappa shape index (κ3) is 3.51. The summed E-state index contributed by atoms with van der Waals surface area (Å²) in [6, 6.07) is 15.3. The van der Waals surface area contributed by atoms with Crippen molar-refractivity contribution in [3.8, 4) is 0 Å². The lowest BCUT2D eigenvalue weighted by atomic mass is 10.2. The lowest BCUT2D eigenvalue weighted by Crippen LogP contribution is -2.29. The summed E-state index contributed by atoms with van der Waals surface area (Å²) < 4.78 is 5.26. The molecular weight excluding hydrogens is 278 g/mol. The predicted molar refractivity (Wildman–Crippen MR) is 83.2 cm³/mol. The molecule has 5 nitrogen and oxygen atoms in total. The first kappa shape index (κ1) is 14.3. The van der Waals surface area contributed by atoms with Crippen LogP contribution in [-0.2, 0) is 6.54 Å². The van der Waals surface area contributed by atoms with Crippen molar-refractivity contribution in [2.75, 3.05) is 11.4 Å². The molecule has 112 valence electrons. The predicted octanol–water partition coefficient (Wildman–Crippen LogP) is 2.81. The summed E-state index contributed by atoms with van der Waals surface area (Å²) in [5, 5.41) is 10.3. The average Bonchev–Trinajstić information content (AvgIpc) is 3.11. The molecule has 3 aromatic rings. The number of aliphatic hydroxyl groups is 1. The van der Waals surface area contributed by atoms with Crippen LogP contribution < -0.4 is 4.90 Å². The van der Waals surface area contributed by atoms with Gasteiger partial charge in [0.2, 0.25) is 5.95 Å². The molecule has 0 unspecified atom stereocenters. The minimum atomic E-state index is -0.734. The van der Waals surface area contributed by atoms with Gasteiger partial charge in [-0.3, -0.25) is 0 Å². The van der Waals surface area contributed by atoms with Gasteiger partial charge in [0.15, 0.2) is 0 Å². The Hall–Kier alpha value is -2.66. The molecule has 22 heavy (non-hydrogen) atoms. The third-order valence-corrected chi connectivity index (χ3v) is 3.32. The summed E-state index contributed by atoms with van der Waals surface area (Å²) in [7, 11) is 0. The van der Waals surface area contributed by atoms with Gasteiger partial charge in [0, 0.05) is 18.9 Å². The summed E-state index contributed by atoms with van der Waals surface area (Å²) in [6.07, 6.45) is 4.21. The Bertz CT molecular complexity index is 672. The summed E-state index contributed by atoms with van der Waals surface area (Å²) in [6.45, 7) is 0.967. The van der Waals surface area contributed by atoms with Crippen molar-refractivity contribution < 1.29 is 9.52 Å². The number of furan rings is 1. The summed E-state index contributed by atoms with van der Waals surface area (Å²) >= 11 is 0.